The van der Waals surface area contributed by atoms with E-state index in [1.165, 1.54) is 0 Å². The highest BCUT2D eigenvalue weighted by Crippen LogP contribution is 2.68. The molecule has 0 aliphatic heterocycles. The lowest BCUT2D eigenvalue weighted by atomic mass is 9.69. The smallest absolute Gasteiger partial charge is 0.310 e. The molecule has 8 nitrogen and oxygen atoms in total. The first-order valence-electron chi connectivity index (χ1n) is 17.6. The van der Waals surface area contributed by atoms with Crippen LogP contribution in [0.15, 0.2) is 12.2 Å². The Morgan fingerprint density at radius 3 is 1.26 bits per heavy atom. The highest BCUT2D eigenvalue weighted by molar-refractivity contribution is 5.82. The Balaban J connectivity index is 1.45. The number of hydrogen-bond donors (Lipinski definition) is 2. The highest BCUT2D eigenvalue weighted by atomic mass is 16.6. The van der Waals surface area contributed by atoms with Crippen molar-refractivity contribution < 1.29 is 38.7 Å². The molecule has 5 aliphatic carbocycles. The van der Waals surface area contributed by atoms with Crippen molar-refractivity contribution in [2.75, 3.05) is 13.2 Å². The second-order valence-corrected chi connectivity index (χ2v) is 19.4. The van der Waals surface area contributed by atoms with Crippen molar-refractivity contribution in [1.29, 1.82) is 0 Å². The van der Waals surface area contributed by atoms with Crippen molar-refractivity contribution in [2.24, 2.45) is 56.2 Å². The second kappa shape index (κ2) is 11.6. The number of fused-ring (bicyclic) bond motifs is 4. The van der Waals surface area contributed by atoms with E-state index >= 15 is 0 Å². The van der Waals surface area contributed by atoms with Crippen LogP contribution in [0.5, 0.6) is 0 Å². The summed E-state index contributed by atoms with van der Waals surface area (Å²) in [5.41, 5.74) is -0.676. The Bertz CT molecular complexity index is 1120. The van der Waals surface area contributed by atoms with Crippen LogP contribution in [0.2, 0.25) is 0 Å². The summed E-state index contributed by atoms with van der Waals surface area (Å²) in [6, 6.07) is 0. The van der Waals surface area contributed by atoms with Crippen molar-refractivity contribution in [2.45, 2.75) is 145 Å². The molecule has 2 N–H and O–H groups in total. The van der Waals surface area contributed by atoms with Crippen molar-refractivity contribution in [3.05, 3.63) is 12.2 Å². The largest absolute Gasteiger partial charge is 0.481 e. The minimum atomic E-state index is -1.31. The molecule has 8 heteroatoms. The summed E-state index contributed by atoms with van der Waals surface area (Å²) in [5, 5.41) is 21.3. The van der Waals surface area contributed by atoms with Gasteiger partial charge in [0.25, 0.3) is 0 Å². The van der Waals surface area contributed by atoms with Crippen LogP contribution in [0.25, 0.3) is 0 Å². The maximum absolute atomic E-state index is 13.0. The van der Waals surface area contributed by atoms with E-state index in [0.29, 0.717) is 13.2 Å². The lowest BCUT2D eigenvalue weighted by Crippen LogP contribution is -2.54. The van der Waals surface area contributed by atoms with E-state index in [1.807, 2.05) is 0 Å². The number of ether oxygens (including phenoxy) is 4. The number of carbonyl (C=O) groups is 2. The third-order valence-corrected chi connectivity index (χ3v) is 13.6. The molecular weight excluding hydrogens is 584 g/mol. The molecule has 5 aliphatic rings. The Hall–Kier alpha value is -1.48. The second-order valence-electron chi connectivity index (χ2n) is 19.4. The first-order chi connectivity index (χ1) is 21.0. The van der Waals surface area contributed by atoms with Gasteiger partial charge in [-0.05, 0) is 59.2 Å². The summed E-state index contributed by atoms with van der Waals surface area (Å²) in [4.78, 5) is 26.0. The summed E-state index contributed by atoms with van der Waals surface area (Å²) in [7, 11) is 0. The van der Waals surface area contributed by atoms with Crippen LogP contribution in [0.3, 0.4) is 0 Å². The molecule has 0 heterocycles. The molecule has 0 aromatic rings. The highest BCUT2D eigenvalue weighted by Gasteiger charge is 2.70. The summed E-state index contributed by atoms with van der Waals surface area (Å²) >= 11 is 0. The monoisotopic (exact) mass is 646 g/mol. The fourth-order valence-electron chi connectivity index (χ4n) is 10.0. The molecule has 4 fully saturated rings. The number of carboxylic acids is 2. The van der Waals surface area contributed by atoms with Crippen LogP contribution in [0.4, 0.5) is 0 Å². The van der Waals surface area contributed by atoms with Crippen LogP contribution < -0.4 is 0 Å². The molecule has 0 saturated heterocycles. The normalized spacial score (nSPS) is 44.2. The average molecular weight is 647 g/mol. The molecule has 5 rings (SSSR count). The standard InChI is InChI=1S/C38H62O8/c1-33(2,3)19-43-27-21-15-17-37(11,35(21,7)8)29(27)45-23-13-14-24(26(32(41)42)25(23)31(39)40)46-30-28(44-20-34(4,5)6)22-16-18-38(30,12)36(22,9)10/h13-14,21-30H,15-20H2,1-12H3,(H,39,40)(H,41,42)/t21-,22-,23-,24+,25-,26-,27?,28?,29?,30?,37-,38-/m0/s1. The van der Waals surface area contributed by atoms with Gasteiger partial charge in [0.05, 0.1) is 49.8 Å². The average Bonchev–Trinajstić information content (AvgIpc) is 3.41. The van der Waals surface area contributed by atoms with Gasteiger partial charge in [0.15, 0.2) is 0 Å². The molecule has 4 saturated carbocycles. The quantitative estimate of drug-likeness (QED) is 0.239. The van der Waals surface area contributed by atoms with Crippen molar-refractivity contribution in [3.63, 3.8) is 0 Å². The lowest BCUT2D eigenvalue weighted by molar-refractivity contribution is -0.196. The maximum atomic E-state index is 13.0. The van der Waals surface area contributed by atoms with E-state index in [4.69, 9.17) is 18.9 Å². The Kier molecular flexibility index (Phi) is 9.00. The zero-order chi connectivity index (χ0) is 34.4. The zero-order valence-corrected chi connectivity index (χ0v) is 30.5. The first kappa shape index (κ1) is 35.8. The van der Waals surface area contributed by atoms with Crippen LogP contribution in [0.1, 0.15) is 109 Å². The number of carboxylic acid groups (broad SMARTS) is 2. The van der Waals surface area contributed by atoms with Gasteiger partial charge in [0, 0.05) is 10.8 Å². The number of rotatable bonds is 10. The van der Waals surface area contributed by atoms with E-state index in [2.05, 4.69) is 83.1 Å². The SMILES string of the molecule is CC(C)(C)COC1C(O[C@H]2C=C[C@@H](OC3C(OCC(C)(C)C)[C@@H]4CC[C@]3(C)C4(C)C)[C@H](C(=O)O)[C@H]2C(=O)O)[C@]2(C)CC[C@@H]1C2(C)C. The minimum Gasteiger partial charge on any atom is -0.481 e. The van der Waals surface area contributed by atoms with Crippen LogP contribution >= 0.6 is 0 Å². The predicted octanol–water partition coefficient (Wildman–Crippen LogP) is 7.24. The van der Waals surface area contributed by atoms with E-state index in [-0.39, 0.29) is 68.7 Å². The summed E-state index contributed by atoms with van der Waals surface area (Å²) in [6.45, 7) is 27.5. The van der Waals surface area contributed by atoms with Gasteiger partial charge in [-0.2, -0.15) is 0 Å². The molecule has 12 atom stereocenters. The van der Waals surface area contributed by atoms with Crippen LogP contribution in [0, 0.1) is 56.2 Å². The van der Waals surface area contributed by atoms with E-state index in [1.54, 1.807) is 12.2 Å². The maximum Gasteiger partial charge on any atom is 0.310 e. The van der Waals surface area contributed by atoms with Gasteiger partial charge < -0.3 is 29.2 Å². The topological polar surface area (TPSA) is 112 Å². The summed E-state index contributed by atoms with van der Waals surface area (Å²) < 4.78 is 26.9. The minimum absolute atomic E-state index is 0.0376. The fraction of sp³-hybridized carbons (Fsp3) is 0.895. The van der Waals surface area contributed by atoms with Gasteiger partial charge >= 0.3 is 11.9 Å². The van der Waals surface area contributed by atoms with Crippen LogP contribution in [-0.4, -0.2) is 72.0 Å². The summed E-state index contributed by atoms with van der Waals surface area (Å²) in [5.74, 6) is -4.44. The van der Waals surface area contributed by atoms with Gasteiger partial charge in [-0.15, -0.1) is 0 Å². The molecule has 0 amide bonds. The van der Waals surface area contributed by atoms with Crippen LogP contribution in [-0.2, 0) is 28.5 Å². The molecule has 0 radical (unpaired) electrons. The molecule has 262 valence electrons. The zero-order valence-electron chi connectivity index (χ0n) is 30.5. The van der Waals surface area contributed by atoms with Gasteiger partial charge in [-0.3, -0.25) is 9.59 Å². The van der Waals surface area contributed by atoms with Gasteiger partial charge in [-0.1, -0.05) is 95.2 Å². The third kappa shape index (κ3) is 5.69. The Labute approximate surface area is 277 Å². The first-order valence-corrected chi connectivity index (χ1v) is 17.6. The van der Waals surface area contributed by atoms with E-state index in [9.17, 15) is 19.8 Å². The molecule has 46 heavy (non-hydrogen) atoms. The lowest BCUT2D eigenvalue weighted by Gasteiger charge is -2.45. The Morgan fingerprint density at radius 2 is 0.978 bits per heavy atom. The molecule has 4 bridgehead atoms. The van der Waals surface area contributed by atoms with Gasteiger partial charge in [0.1, 0.15) is 11.8 Å². The van der Waals surface area contributed by atoms with E-state index in [0.717, 1.165) is 25.7 Å². The third-order valence-electron chi connectivity index (χ3n) is 13.6. The fourth-order valence-corrected chi connectivity index (χ4v) is 10.0. The molecular formula is C38H62O8. The number of aliphatic carboxylic acids is 2. The molecule has 0 spiro atoms. The van der Waals surface area contributed by atoms with Crippen molar-refractivity contribution in [1.82, 2.24) is 0 Å². The van der Waals surface area contributed by atoms with Crippen molar-refractivity contribution >= 4 is 11.9 Å². The van der Waals surface area contributed by atoms with Gasteiger partial charge in [-0.25, -0.2) is 0 Å². The number of hydrogen-bond acceptors (Lipinski definition) is 6. The molecule has 4 unspecified atom stereocenters. The van der Waals surface area contributed by atoms with Crippen molar-refractivity contribution in [3.8, 4) is 0 Å². The molecule has 0 aromatic heterocycles. The Morgan fingerprint density at radius 1 is 0.652 bits per heavy atom. The van der Waals surface area contributed by atoms with Gasteiger partial charge in [0.2, 0.25) is 0 Å². The summed E-state index contributed by atoms with van der Waals surface area (Å²) in [6.07, 6.45) is 4.58. The predicted molar refractivity (Wildman–Crippen MR) is 176 cm³/mol. The molecule has 0 aromatic carbocycles. The van der Waals surface area contributed by atoms with E-state index < -0.39 is 36.0 Å².